The van der Waals surface area contributed by atoms with E-state index in [-0.39, 0.29) is 18.6 Å². The van der Waals surface area contributed by atoms with Crippen LogP contribution in [0.1, 0.15) is 49.7 Å². The van der Waals surface area contributed by atoms with Gasteiger partial charge in [-0.2, -0.15) is 0 Å². The highest BCUT2D eigenvalue weighted by Crippen LogP contribution is 2.31. The maximum atomic E-state index is 13.2. The quantitative estimate of drug-likeness (QED) is 0.493. The minimum Gasteiger partial charge on any atom is -0.497 e. The Morgan fingerprint density at radius 2 is 1.82 bits per heavy atom. The largest absolute Gasteiger partial charge is 0.497 e. The second-order valence-corrected chi connectivity index (χ2v) is 8.79. The Bertz CT molecular complexity index is 1120. The number of carbonyl (C=O) groups is 2. The minimum absolute atomic E-state index is 0.224. The molecule has 0 bridgehead atoms. The molecule has 2 heterocycles. The number of likely N-dealkylation sites (tertiary alicyclic amines) is 1. The van der Waals surface area contributed by atoms with Crippen LogP contribution in [0.15, 0.2) is 54.7 Å². The first-order valence-electron chi connectivity index (χ1n) is 11.9. The van der Waals surface area contributed by atoms with Gasteiger partial charge in [0.2, 0.25) is 0 Å². The number of piperidine rings is 1. The van der Waals surface area contributed by atoms with Crippen LogP contribution < -0.4 is 10.1 Å². The highest BCUT2D eigenvalue weighted by atomic mass is 16.5. The first kappa shape index (κ1) is 23.7. The Balaban J connectivity index is 1.43. The number of hydrogen-bond acceptors (Lipinski definition) is 4. The molecule has 3 aromatic rings. The lowest BCUT2D eigenvalue weighted by atomic mass is 9.89. The second kappa shape index (κ2) is 10.6. The number of aromatic nitrogens is 1. The molecule has 4 rings (SSSR count). The molecule has 0 saturated carbocycles. The van der Waals surface area contributed by atoms with Crippen LogP contribution in [0.4, 0.5) is 4.79 Å². The van der Waals surface area contributed by atoms with E-state index in [1.807, 2.05) is 49.5 Å². The summed E-state index contributed by atoms with van der Waals surface area (Å²) in [7, 11) is 1.66. The maximum absolute atomic E-state index is 13.2. The molecule has 1 fully saturated rings. The van der Waals surface area contributed by atoms with E-state index in [0.29, 0.717) is 19.0 Å². The number of nitrogens with one attached hydrogen (secondary N) is 2. The summed E-state index contributed by atoms with van der Waals surface area (Å²) in [6, 6.07) is 15.1. The SMILES string of the molecule is CCOC(=O)[C@H](NC(=O)N1CCC(c2ccc(OC)cc2)CC1)[C@@H](C)c1c[nH]c2ccccc12. The van der Waals surface area contributed by atoms with Crippen molar-refractivity contribution in [2.24, 2.45) is 0 Å². The van der Waals surface area contributed by atoms with Gasteiger partial charge in [-0.1, -0.05) is 37.3 Å². The molecule has 1 aliphatic rings. The van der Waals surface area contributed by atoms with Gasteiger partial charge in [-0.25, -0.2) is 9.59 Å². The van der Waals surface area contributed by atoms with Gasteiger partial charge < -0.3 is 24.7 Å². The van der Waals surface area contributed by atoms with Gasteiger partial charge in [0, 0.05) is 36.1 Å². The van der Waals surface area contributed by atoms with Gasteiger partial charge in [-0.3, -0.25) is 0 Å². The third kappa shape index (κ3) is 5.03. The molecule has 2 amide bonds. The Kier molecular flexibility index (Phi) is 7.40. The molecule has 0 radical (unpaired) electrons. The molecule has 0 aliphatic carbocycles. The summed E-state index contributed by atoms with van der Waals surface area (Å²) >= 11 is 0. The number of urea groups is 1. The molecule has 1 aromatic heterocycles. The number of ether oxygens (including phenoxy) is 2. The molecule has 0 unspecified atom stereocenters. The zero-order chi connectivity index (χ0) is 24.1. The van der Waals surface area contributed by atoms with E-state index >= 15 is 0 Å². The van der Waals surface area contributed by atoms with Crippen LogP contribution in [-0.4, -0.2) is 54.7 Å². The third-order valence-corrected chi connectivity index (χ3v) is 6.80. The molecule has 2 atom stereocenters. The molecule has 180 valence electrons. The summed E-state index contributed by atoms with van der Waals surface area (Å²) in [5, 5.41) is 4.02. The Morgan fingerprint density at radius 3 is 2.50 bits per heavy atom. The van der Waals surface area contributed by atoms with E-state index in [0.717, 1.165) is 35.1 Å². The summed E-state index contributed by atoms with van der Waals surface area (Å²) in [6.07, 6.45) is 3.66. The fraction of sp³-hybridized carbons (Fsp3) is 0.407. The normalized spacial score (nSPS) is 16.1. The zero-order valence-corrected chi connectivity index (χ0v) is 20.0. The smallest absolute Gasteiger partial charge is 0.329 e. The topological polar surface area (TPSA) is 83.7 Å². The molecule has 1 saturated heterocycles. The van der Waals surface area contributed by atoms with Gasteiger partial charge in [-0.15, -0.1) is 0 Å². The molecule has 0 spiro atoms. The predicted molar refractivity (Wildman–Crippen MR) is 132 cm³/mol. The van der Waals surface area contributed by atoms with E-state index in [1.54, 1.807) is 18.9 Å². The predicted octanol–water partition coefficient (Wildman–Crippen LogP) is 4.80. The number of aromatic amines is 1. The van der Waals surface area contributed by atoms with Crippen molar-refractivity contribution in [3.8, 4) is 5.75 Å². The summed E-state index contributed by atoms with van der Waals surface area (Å²) in [5.41, 5.74) is 3.24. The van der Waals surface area contributed by atoms with Gasteiger partial charge in [0.15, 0.2) is 0 Å². The van der Waals surface area contributed by atoms with Gasteiger partial charge >= 0.3 is 12.0 Å². The van der Waals surface area contributed by atoms with Gasteiger partial charge in [0.25, 0.3) is 0 Å². The standard InChI is InChI=1S/C27H33N3O4/c1-4-34-26(31)25(18(2)23-17-28-24-8-6-5-7-22(23)24)29-27(32)30-15-13-20(14-16-30)19-9-11-21(33-3)12-10-19/h5-12,17-18,20,25,28H,4,13-16H2,1-3H3,(H,29,32)/t18-,25+/m0/s1. The van der Waals surface area contributed by atoms with Gasteiger partial charge in [-0.05, 0) is 55.0 Å². The average Bonchev–Trinajstić information content (AvgIpc) is 3.31. The maximum Gasteiger partial charge on any atom is 0.329 e. The van der Waals surface area contributed by atoms with Crippen LogP contribution in [0.2, 0.25) is 0 Å². The summed E-state index contributed by atoms with van der Waals surface area (Å²) in [6.45, 7) is 5.27. The van der Waals surface area contributed by atoms with E-state index in [4.69, 9.17) is 9.47 Å². The lowest BCUT2D eigenvalue weighted by Crippen LogP contribution is -2.52. The number of methoxy groups -OCH3 is 1. The number of para-hydroxylation sites is 1. The average molecular weight is 464 g/mol. The molecular weight excluding hydrogens is 430 g/mol. The van der Waals surface area contributed by atoms with E-state index in [1.165, 1.54) is 5.56 Å². The number of rotatable bonds is 7. The van der Waals surface area contributed by atoms with Crippen molar-refractivity contribution >= 4 is 22.9 Å². The molecule has 34 heavy (non-hydrogen) atoms. The summed E-state index contributed by atoms with van der Waals surface area (Å²) in [5.74, 6) is 0.577. The van der Waals surface area contributed by atoms with Crippen LogP contribution in [0, 0.1) is 0 Å². The molecule has 1 aliphatic heterocycles. The van der Waals surface area contributed by atoms with Crippen molar-refractivity contribution in [3.05, 3.63) is 65.9 Å². The Morgan fingerprint density at radius 1 is 1.12 bits per heavy atom. The van der Waals surface area contributed by atoms with E-state index in [2.05, 4.69) is 22.4 Å². The van der Waals surface area contributed by atoms with Crippen LogP contribution in [-0.2, 0) is 9.53 Å². The third-order valence-electron chi connectivity index (χ3n) is 6.80. The highest BCUT2D eigenvalue weighted by Gasteiger charge is 2.33. The monoisotopic (exact) mass is 463 g/mol. The Labute approximate surface area is 200 Å². The lowest BCUT2D eigenvalue weighted by Gasteiger charge is -2.34. The van der Waals surface area contributed by atoms with Crippen LogP contribution >= 0.6 is 0 Å². The van der Waals surface area contributed by atoms with Gasteiger partial charge in [0.05, 0.1) is 13.7 Å². The number of nitrogens with zero attached hydrogens (tertiary/aromatic N) is 1. The first-order chi connectivity index (χ1) is 16.5. The molecular formula is C27H33N3O4. The van der Waals surface area contributed by atoms with Crippen molar-refractivity contribution in [3.63, 3.8) is 0 Å². The highest BCUT2D eigenvalue weighted by molar-refractivity contribution is 5.88. The number of H-pyrrole nitrogens is 1. The minimum atomic E-state index is -0.772. The first-order valence-corrected chi connectivity index (χ1v) is 11.9. The van der Waals surface area contributed by atoms with Crippen LogP contribution in [0.3, 0.4) is 0 Å². The number of esters is 1. The van der Waals surface area contributed by atoms with Crippen molar-refractivity contribution in [2.45, 2.75) is 44.6 Å². The van der Waals surface area contributed by atoms with Crippen molar-refractivity contribution in [2.75, 3.05) is 26.8 Å². The number of fused-ring (bicyclic) bond motifs is 1. The van der Waals surface area contributed by atoms with Gasteiger partial charge in [0.1, 0.15) is 11.8 Å². The van der Waals surface area contributed by atoms with Crippen molar-refractivity contribution in [1.29, 1.82) is 0 Å². The lowest BCUT2D eigenvalue weighted by molar-refractivity contribution is -0.145. The fourth-order valence-corrected chi connectivity index (χ4v) is 4.79. The van der Waals surface area contributed by atoms with Crippen molar-refractivity contribution in [1.82, 2.24) is 15.2 Å². The van der Waals surface area contributed by atoms with Crippen molar-refractivity contribution < 1.29 is 19.1 Å². The summed E-state index contributed by atoms with van der Waals surface area (Å²) < 4.78 is 10.6. The number of hydrogen-bond donors (Lipinski definition) is 2. The molecule has 2 aromatic carbocycles. The number of carbonyl (C=O) groups excluding carboxylic acids is 2. The van der Waals surface area contributed by atoms with Crippen LogP contribution in [0.25, 0.3) is 10.9 Å². The molecule has 7 nitrogen and oxygen atoms in total. The summed E-state index contributed by atoms with van der Waals surface area (Å²) in [4.78, 5) is 31.1. The zero-order valence-electron chi connectivity index (χ0n) is 20.0. The van der Waals surface area contributed by atoms with E-state index in [9.17, 15) is 9.59 Å². The second-order valence-electron chi connectivity index (χ2n) is 8.79. The molecule has 2 N–H and O–H groups in total. The fourth-order valence-electron chi connectivity index (χ4n) is 4.79. The van der Waals surface area contributed by atoms with Crippen LogP contribution in [0.5, 0.6) is 5.75 Å². The Hall–Kier alpha value is -3.48. The number of amides is 2. The molecule has 7 heteroatoms. The number of benzene rings is 2. The van der Waals surface area contributed by atoms with E-state index < -0.39 is 12.0 Å².